The molecule has 2 amide bonds. The van der Waals surface area contributed by atoms with Crippen molar-refractivity contribution in [1.29, 1.82) is 0 Å². The Bertz CT molecular complexity index is 506. The molecule has 24 heavy (non-hydrogen) atoms. The van der Waals surface area contributed by atoms with Crippen molar-refractivity contribution in [3.05, 3.63) is 0 Å². The minimum Gasteiger partial charge on any atom is -0.378 e. The molecule has 0 aromatic heterocycles. The number of morpholine rings is 1. The molecule has 4 fully saturated rings. The first kappa shape index (κ1) is 16.3. The van der Waals surface area contributed by atoms with Crippen molar-refractivity contribution in [2.45, 2.75) is 38.1 Å². The molecular weight excluding hydrogens is 306 g/mol. The molecule has 0 aromatic rings. The Balaban J connectivity index is 1.36. The molecule has 1 saturated carbocycles. The van der Waals surface area contributed by atoms with Crippen molar-refractivity contribution in [2.75, 3.05) is 53.0 Å². The second-order valence-electron chi connectivity index (χ2n) is 8.17. The summed E-state index contributed by atoms with van der Waals surface area (Å²) in [6.07, 6.45) is 5.20. The number of hydrogen-bond donors (Lipinski definition) is 0. The maximum Gasteiger partial charge on any atom is 0.240 e. The second-order valence-corrected chi connectivity index (χ2v) is 8.17. The molecule has 0 bridgehead atoms. The average molecular weight is 335 g/mol. The van der Waals surface area contributed by atoms with Crippen LogP contribution in [0, 0.1) is 11.3 Å². The number of carbonyl (C=O) groups excluding carboxylic acids is 2. The van der Waals surface area contributed by atoms with E-state index in [-0.39, 0.29) is 17.4 Å². The van der Waals surface area contributed by atoms with Gasteiger partial charge < -0.3 is 14.5 Å². The van der Waals surface area contributed by atoms with Crippen LogP contribution in [-0.4, -0.2) is 85.5 Å². The van der Waals surface area contributed by atoms with Crippen LogP contribution in [0.4, 0.5) is 0 Å². The number of amides is 2. The van der Waals surface area contributed by atoms with Gasteiger partial charge in [0.05, 0.1) is 19.3 Å². The molecule has 0 N–H and O–H groups in total. The highest BCUT2D eigenvalue weighted by atomic mass is 16.5. The van der Waals surface area contributed by atoms with E-state index in [1.165, 1.54) is 0 Å². The molecule has 134 valence electrons. The average Bonchev–Trinajstić information content (AvgIpc) is 3.40. The lowest BCUT2D eigenvalue weighted by Crippen LogP contribution is -2.48. The molecule has 6 nitrogen and oxygen atoms in total. The Morgan fingerprint density at radius 1 is 0.958 bits per heavy atom. The fourth-order valence-electron chi connectivity index (χ4n) is 4.69. The van der Waals surface area contributed by atoms with Crippen LogP contribution in [0.1, 0.15) is 32.1 Å². The van der Waals surface area contributed by atoms with Crippen molar-refractivity contribution < 1.29 is 14.3 Å². The summed E-state index contributed by atoms with van der Waals surface area (Å²) in [7, 11) is 2.08. The van der Waals surface area contributed by atoms with Crippen molar-refractivity contribution in [1.82, 2.24) is 14.7 Å². The quantitative estimate of drug-likeness (QED) is 0.740. The largest absolute Gasteiger partial charge is 0.378 e. The first-order valence-electron chi connectivity index (χ1n) is 9.44. The Labute approximate surface area is 144 Å². The van der Waals surface area contributed by atoms with Crippen LogP contribution in [0.2, 0.25) is 0 Å². The minimum atomic E-state index is 0.00813. The van der Waals surface area contributed by atoms with Crippen LogP contribution < -0.4 is 0 Å². The van der Waals surface area contributed by atoms with E-state index in [2.05, 4.69) is 16.8 Å². The molecule has 3 aliphatic heterocycles. The fourth-order valence-corrected chi connectivity index (χ4v) is 4.69. The van der Waals surface area contributed by atoms with E-state index in [0.717, 1.165) is 64.8 Å². The summed E-state index contributed by atoms with van der Waals surface area (Å²) < 4.78 is 5.36. The molecule has 0 radical (unpaired) electrons. The molecule has 1 aliphatic carbocycles. The van der Waals surface area contributed by atoms with Crippen LogP contribution in [-0.2, 0) is 14.3 Å². The highest BCUT2D eigenvalue weighted by Gasteiger charge is 2.48. The first-order valence-corrected chi connectivity index (χ1v) is 9.44. The van der Waals surface area contributed by atoms with Gasteiger partial charge in [-0.3, -0.25) is 14.5 Å². The van der Waals surface area contributed by atoms with Gasteiger partial charge in [0.25, 0.3) is 0 Å². The Morgan fingerprint density at radius 2 is 1.58 bits per heavy atom. The standard InChI is InChI=1S/C18H29N3O3/c1-19-13-18(4-6-20(7-5-18)16(22)14-2-3-14)12-15(19)17(23)21-8-10-24-11-9-21/h14-15H,2-13H2,1H3. The van der Waals surface area contributed by atoms with Crippen LogP contribution in [0.3, 0.4) is 0 Å². The van der Waals surface area contributed by atoms with Gasteiger partial charge in [-0.1, -0.05) is 0 Å². The number of ether oxygens (including phenoxy) is 1. The zero-order valence-electron chi connectivity index (χ0n) is 14.7. The zero-order valence-corrected chi connectivity index (χ0v) is 14.7. The molecule has 3 heterocycles. The first-order chi connectivity index (χ1) is 11.6. The van der Waals surface area contributed by atoms with Gasteiger partial charge >= 0.3 is 0 Å². The van der Waals surface area contributed by atoms with E-state index in [1.807, 2.05) is 4.90 Å². The van der Waals surface area contributed by atoms with Crippen molar-refractivity contribution >= 4 is 11.8 Å². The van der Waals surface area contributed by atoms with Crippen molar-refractivity contribution in [3.8, 4) is 0 Å². The summed E-state index contributed by atoms with van der Waals surface area (Å²) in [5.41, 5.74) is 0.224. The molecule has 1 atom stereocenters. The summed E-state index contributed by atoms with van der Waals surface area (Å²) in [4.78, 5) is 31.4. The lowest BCUT2D eigenvalue weighted by atomic mass is 9.76. The van der Waals surface area contributed by atoms with E-state index in [9.17, 15) is 9.59 Å². The topological polar surface area (TPSA) is 53.1 Å². The summed E-state index contributed by atoms with van der Waals surface area (Å²) in [6.45, 7) is 5.50. The molecule has 6 heteroatoms. The van der Waals surface area contributed by atoms with E-state index in [0.29, 0.717) is 25.0 Å². The lowest BCUT2D eigenvalue weighted by molar-refractivity contribution is -0.140. The van der Waals surface area contributed by atoms with Gasteiger partial charge in [0.2, 0.25) is 11.8 Å². The summed E-state index contributed by atoms with van der Waals surface area (Å²) in [6, 6.07) is 0.00813. The maximum atomic E-state index is 12.9. The highest BCUT2D eigenvalue weighted by Crippen LogP contribution is 2.44. The van der Waals surface area contributed by atoms with Crippen LogP contribution in [0.25, 0.3) is 0 Å². The number of carbonyl (C=O) groups is 2. The number of likely N-dealkylation sites (tertiary alicyclic amines) is 2. The van der Waals surface area contributed by atoms with Crippen molar-refractivity contribution in [3.63, 3.8) is 0 Å². The molecule has 4 aliphatic rings. The number of rotatable bonds is 2. The Hall–Kier alpha value is -1.14. The predicted molar refractivity (Wildman–Crippen MR) is 89.4 cm³/mol. The van der Waals surface area contributed by atoms with Gasteiger partial charge in [0.1, 0.15) is 0 Å². The van der Waals surface area contributed by atoms with Gasteiger partial charge in [0.15, 0.2) is 0 Å². The third-order valence-corrected chi connectivity index (χ3v) is 6.41. The third kappa shape index (κ3) is 3.06. The maximum absolute atomic E-state index is 12.9. The zero-order chi connectivity index (χ0) is 16.7. The van der Waals surface area contributed by atoms with Crippen LogP contribution in [0.15, 0.2) is 0 Å². The second kappa shape index (κ2) is 6.30. The monoisotopic (exact) mass is 335 g/mol. The molecule has 0 aromatic carbocycles. The van der Waals surface area contributed by atoms with Crippen molar-refractivity contribution in [2.24, 2.45) is 11.3 Å². The van der Waals surface area contributed by atoms with E-state index >= 15 is 0 Å². The number of likely N-dealkylation sites (N-methyl/N-ethyl adjacent to an activating group) is 1. The van der Waals surface area contributed by atoms with Gasteiger partial charge in [0, 0.05) is 38.6 Å². The molecule has 3 saturated heterocycles. The predicted octanol–water partition coefficient (Wildman–Crippen LogP) is 0.568. The lowest BCUT2D eigenvalue weighted by Gasteiger charge is -2.39. The molecular formula is C18H29N3O3. The third-order valence-electron chi connectivity index (χ3n) is 6.41. The summed E-state index contributed by atoms with van der Waals surface area (Å²) in [5, 5.41) is 0. The summed E-state index contributed by atoms with van der Waals surface area (Å²) >= 11 is 0. The van der Waals surface area contributed by atoms with Gasteiger partial charge in [-0.15, -0.1) is 0 Å². The SMILES string of the molecule is CN1CC2(CCN(C(=O)C3CC3)CC2)CC1C(=O)N1CCOCC1. The summed E-state index contributed by atoms with van der Waals surface area (Å²) in [5.74, 6) is 0.965. The van der Waals surface area contributed by atoms with Gasteiger partial charge in [-0.25, -0.2) is 0 Å². The van der Waals surface area contributed by atoms with Gasteiger partial charge in [-0.2, -0.15) is 0 Å². The Morgan fingerprint density at radius 3 is 2.21 bits per heavy atom. The number of nitrogens with zero attached hydrogens (tertiary/aromatic N) is 3. The number of piperidine rings is 1. The fraction of sp³-hybridized carbons (Fsp3) is 0.889. The molecule has 1 spiro atoms. The molecule has 4 rings (SSSR count). The van der Waals surface area contributed by atoms with E-state index in [4.69, 9.17) is 4.74 Å². The Kier molecular flexibility index (Phi) is 4.29. The number of hydrogen-bond acceptors (Lipinski definition) is 4. The van der Waals surface area contributed by atoms with E-state index in [1.54, 1.807) is 0 Å². The molecule has 1 unspecified atom stereocenters. The normalized spacial score (nSPS) is 30.8. The van der Waals surface area contributed by atoms with Crippen LogP contribution in [0.5, 0.6) is 0 Å². The minimum absolute atomic E-state index is 0.00813. The smallest absolute Gasteiger partial charge is 0.240 e. The highest BCUT2D eigenvalue weighted by molar-refractivity contribution is 5.83. The van der Waals surface area contributed by atoms with Gasteiger partial charge in [-0.05, 0) is 44.6 Å². The van der Waals surface area contributed by atoms with E-state index < -0.39 is 0 Å². The van der Waals surface area contributed by atoms with Crippen LogP contribution >= 0.6 is 0 Å².